The number of nitrogens with two attached hydrogens (primary N) is 1. The quantitative estimate of drug-likeness (QED) is 0.849. The first-order valence-corrected chi connectivity index (χ1v) is 7.89. The van der Waals surface area contributed by atoms with Crippen molar-refractivity contribution in [2.45, 2.75) is 37.6 Å². The van der Waals surface area contributed by atoms with Gasteiger partial charge in [-0.2, -0.15) is 0 Å². The van der Waals surface area contributed by atoms with Gasteiger partial charge >= 0.3 is 0 Å². The molecule has 1 amide bonds. The van der Waals surface area contributed by atoms with E-state index < -0.39 is 0 Å². The summed E-state index contributed by atoms with van der Waals surface area (Å²) in [5.41, 5.74) is 8.43. The van der Waals surface area contributed by atoms with Gasteiger partial charge in [0.15, 0.2) is 0 Å². The van der Waals surface area contributed by atoms with Crippen molar-refractivity contribution in [3.8, 4) is 0 Å². The minimum absolute atomic E-state index is 0.0792. The van der Waals surface area contributed by atoms with E-state index in [1.165, 1.54) is 5.56 Å². The fourth-order valence-corrected chi connectivity index (χ4v) is 3.35. The second kappa shape index (κ2) is 6.22. The van der Waals surface area contributed by atoms with Crippen LogP contribution in [-0.4, -0.2) is 5.91 Å². The van der Waals surface area contributed by atoms with Gasteiger partial charge in [0.05, 0.1) is 12.0 Å². The minimum atomic E-state index is -0.188. The van der Waals surface area contributed by atoms with E-state index in [1.54, 1.807) is 0 Å². The molecule has 0 atom stereocenters. The van der Waals surface area contributed by atoms with Gasteiger partial charge in [-0.3, -0.25) is 4.79 Å². The highest BCUT2D eigenvalue weighted by atomic mass is 16.1. The van der Waals surface area contributed by atoms with Crippen molar-refractivity contribution < 1.29 is 4.79 Å². The predicted octanol–water partition coefficient (Wildman–Crippen LogP) is 3.40. The summed E-state index contributed by atoms with van der Waals surface area (Å²) in [6.45, 7) is 0. The summed E-state index contributed by atoms with van der Waals surface area (Å²) in [5.74, 6) is 0.0792. The smallest absolute Gasteiger partial charge is 0.225 e. The number of carbonyl (C=O) groups excluding carboxylic acids is 1. The largest absolute Gasteiger partial charge is 0.399 e. The van der Waals surface area contributed by atoms with Crippen LogP contribution in [-0.2, 0) is 16.8 Å². The van der Waals surface area contributed by atoms with Gasteiger partial charge in [-0.25, -0.2) is 0 Å². The summed E-state index contributed by atoms with van der Waals surface area (Å²) >= 11 is 0. The minimum Gasteiger partial charge on any atom is -0.399 e. The van der Waals surface area contributed by atoms with Gasteiger partial charge in [0, 0.05) is 5.69 Å². The molecule has 2 aromatic rings. The van der Waals surface area contributed by atoms with Gasteiger partial charge < -0.3 is 11.1 Å². The zero-order valence-corrected chi connectivity index (χ0v) is 12.7. The standard InChI is InChI=1S/C19H22N2O/c20-17-10-8-15(9-11-17)14-18(22)21-19(12-4-5-13-19)16-6-2-1-3-7-16/h1-3,6-11H,4-5,12-14,20H2,(H,21,22). The molecule has 1 fully saturated rings. The Morgan fingerprint density at radius 3 is 2.27 bits per heavy atom. The van der Waals surface area contributed by atoms with Crippen molar-refractivity contribution in [2.24, 2.45) is 0 Å². The van der Waals surface area contributed by atoms with E-state index in [2.05, 4.69) is 17.4 Å². The molecule has 3 nitrogen and oxygen atoms in total. The van der Waals surface area contributed by atoms with E-state index in [0.29, 0.717) is 6.42 Å². The molecule has 0 aliphatic heterocycles. The van der Waals surface area contributed by atoms with Gasteiger partial charge in [0.1, 0.15) is 0 Å². The maximum atomic E-state index is 12.5. The lowest BCUT2D eigenvalue weighted by molar-refractivity contribution is -0.122. The molecule has 1 saturated carbocycles. The SMILES string of the molecule is Nc1ccc(CC(=O)NC2(c3ccccc3)CCCC2)cc1. The number of benzene rings is 2. The molecule has 0 saturated heterocycles. The number of hydrogen-bond donors (Lipinski definition) is 2. The lowest BCUT2D eigenvalue weighted by atomic mass is 9.88. The number of hydrogen-bond acceptors (Lipinski definition) is 2. The fraction of sp³-hybridized carbons (Fsp3) is 0.316. The molecule has 0 radical (unpaired) electrons. The Kier molecular flexibility index (Phi) is 4.14. The highest BCUT2D eigenvalue weighted by Crippen LogP contribution is 2.38. The highest BCUT2D eigenvalue weighted by molar-refractivity contribution is 5.79. The second-order valence-corrected chi connectivity index (χ2v) is 6.12. The van der Waals surface area contributed by atoms with Crippen LogP contribution < -0.4 is 11.1 Å². The van der Waals surface area contributed by atoms with Crippen molar-refractivity contribution >= 4 is 11.6 Å². The Balaban J connectivity index is 1.74. The summed E-state index contributed by atoms with van der Waals surface area (Å²) in [6, 6.07) is 17.9. The molecule has 0 heterocycles. The van der Waals surface area contributed by atoms with Crippen LogP contribution in [0.15, 0.2) is 54.6 Å². The molecule has 0 spiro atoms. The average Bonchev–Trinajstić information content (AvgIpc) is 3.00. The summed E-state index contributed by atoms with van der Waals surface area (Å²) < 4.78 is 0. The number of rotatable bonds is 4. The first-order chi connectivity index (χ1) is 10.7. The monoisotopic (exact) mass is 294 g/mol. The number of carbonyl (C=O) groups is 1. The molecular weight excluding hydrogens is 272 g/mol. The maximum Gasteiger partial charge on any atom is 0.225 e. The highest BCUT2D eigenvalue weighted by Gasteiger charge is 2.36. The first-order valence-electron chi connectivity index (χ1n) is 7.89. The van der Waals surface area contributed by atoms with Crippen LogP contribution in [0.2, 0.25) is 0 Å². The Labute approximate surface area is 131 Å². The Morgan fingerprint density at radius 1 is 1.00 bits per heavy atom. The van der Waals surface area contributed by atoms with Crippen LogP contribution in [0.5, 0.6) is 0 Å². The van der Waals surface area contributed by atoms with Crippen molar-refractivity contribution in [1.29, 1.82) is 0 Å². The summed E-state index contributed by atoms with van der Waals surface area (Å²) in [4.78, 5) is 12.5. The lowest BCUT2D eigenvalue weighted by Crippen LogP contribution is -2.44. The zero-order chi connectivity index (χ0) is 15.4. The summed E-state index contributed by atoms with van der Waals surface area (Å²) in [7, 11) is 0. The molecule has 3 rings (SSSR count). The fourth-order valence-electron chi connectivity index (χ4n) is 3.35. The van der Waals surface area contributed by atoms with Gasteiger partial charge in [-0.1, -0.05) is 55.3 Å². The van der Waals surface area contributed by atoms with Crippen LogP contribution >= 0.6 is 0 Å². The summed E-state index contributed by atoms with van der Waals surface area (Å²) in [6.07, 6.45) is 4.76. The van der Waals surface area contributed by atoms with Crippen molar-refractivity contribution in [2.75, 3.05) is 5.73 Å². The molecule has 1 aliphatic rings. The van der Waals surface area contributed by atoms with E-state index in [-0.39, 0.29) is 11.4 Å². The number of nitrogens with one attached hydrogen (secondary N) is 1. The van der Waals surface area contributed by atoms with E-state index in [1.807, 2.05) is 42.5 Å². The Morgan fingerprint density at radius 2 is 1.64 bits per heavy atom. The third-order valence-corrected chi connectivity index (χ3v) is 4.51. The van der Waals surface area contributed by atoms with Crippen molar-refractivity contribution in [1.82, 2.24) is 5.32 Å². The number of nitrogen functional groups attached to an aromatic ring is 1. The van der Waals surface area contributed by atoms with Crippen LogP contribution in [0, 0.1) is 0 Å². The molecule has 3 heteroatoms. The topological polar surface area (TPSA) is 55.1 Å². The molecule has 22 heavy (non-hydrogen) atoms. The molecule has 2 aromatic carbocycles. The predicted molar refractivity (Wildman–Crippen MR) is 89.3 cm³/mol. The molecule has 0 aromatic heterocycles. The normalized spacial score (nSPS) is 16.4. The van der Waals surface area contributed by atoms with E-state index in [9.17, 15) is 4.79 Å². The first kappa shape index (κ1) is 14.6. The molecule has 0 bridgehead atoms. The second-order valence-electron chi connectivity index (χ2n) is 6.12. The van der Waals surface area contributed by atoms with Crippen LogP contribution in [0.1, 0.15) is 36.8 Å². The molecule has 3 N–H and O–H groups in total. The Hall–Kier alpha value is -2.29. The number of anilines is 1. The van der Waals surface area contributed by atoms with E-state index >= 15 is 0 Å². The van der Waals surface area contributed by atoms with Gasteiger partial charge in [0.2, 0.25) is 5.91 Å². The van der Waals surface area contributed by atoms with Gasteiger partial charge in [-0.05, 0) is 36.1 Å². The Bertz CT molecular complexity index is 628. The summed E-state index contributed by atoms with van der Waals surface area (Å²) in [5, 5.41) is 3.30. The van der Waals surface area contributed by atoms with Gasteiger partial charge in [0.25, 0.3) is 0 Å². The van der Waals surface area contributed by atoms with Crippen molar-refractivity contribution in [3.05, 3.63) is 65.7 Å². The van der Waals surface area contributed by atoms with Crippen molar-refractivity contribution in [3.63, 3.8) is 0 Å². The lowest BCUT2D eigenvalue weighted by Gasteiger charge is -2.31. The van der Waals surface area contributed by atoms with E-state index in [0.717, 1.165) is 36.9 Å². The van der Waals surface area contributed by atoms with Gasteiger partial charge in [-0.15, -0.1) is 0 Å². The number of amides is 1. The third-order valence-electron chi connectivity index (χ3n) is 4.51. The van der Waals surface area contributed by atoms with Crippen LogP contribution in [0.4, 0.5) is 5.69 Å². The molecule has 1 aliphatic carbocycles. The maximum absolute atomic E-state index is 12.5. The molecule has 0 unspecified atom stereocenters. The van der Waals surface area contributed by atoms with Crippen LogP contribution in [0.3, 0.4) is 0 Å². The van der Waals surface area contributed by atoms with E-state index in [4.69, 9.17) is 5.73 Å². The molecule has 114 valence electrons. The molecular formula is C19H22N2O. The zero-order valence-electron chi connectivity index (χ0n) is 12.7. The van der Waals surface area contributed by atoms with Crippen LogP contribution in [0.25, 0.3) is 0 Å². The average molecular weight is 294 g/mol. The third kappa shape index (κ3) is 3.14.